The van der Waals surface area contributed by atoms with Crippen molar-refractivity contribution in [1.82, 2.24) is 9.88 Å². The van der Waals surface area contributed by atoms with Crippen LogP contribution in [0.5, 0.6) is 0 Å². The molecule has 0 aliphatic carbocycles. The van der Waals surface area contributed by atoms with Gasteiger partial charge in [-0.3, -0.25) is 4.98 Å². The standard InChI is InChI=1S/C10H18N4/c1-14(2)6-5-13-10-8-12-4-3-9(10)7-11/h3-4,8,13H,5-7,11H2,1-2H3. The lowest BCUT2D eigenvalue weighted by atomic mass is 10.2. The average molecular weight is 194 g/mol. The summed E-state index contributed by atoms with van der Waals surface area (Å²) in [6.07, 6.45) is 3.58. The van der Waals surface area contributed by atoms with Gasteiger partial charge in [0.2, 0.25) is 0 Å². The molecule has 0 aromatic carbocycles. The second-order valence-corrected chi connectivity index (χ2v) is 3.47. The van der Waals surface area contributed by atoms with E-state index < -0.39 is 0 Å². The van der Waals surface area contributed by atoms with E-state index in [4.69, 9.17) is 5.73 Å². The molecule has 0 aliphatic rings. The Morgan fingerprint density at radius 3 is 2.93 bits per heavy atom. The van der Waals surface area contributed by atoms with Crippen LogP contribution in [0.15, 0.2) is 18.5 Å². The summed E-state index contributed by atoms with van der Waals surface area (Å²) in [5, 5.41) is 3.31. The number of nitrogens with two attached hydrogens (primary N) is 1. The van der Waals surface area contributed by atoms with Crippen molar-refractivity contribution in [2.75, 3.05) is 32.5 Å². The predicted molar refractivity (Wildman–Crippen MR) is 59.2 cm³/mol. The first-order valence-electron chi connectivity index (χ1n) is 4.75. The zero-order valence-corrected chi connectivity index (χ0v) is 8.83. The van der Waals surface area contributed by atoms with Gasteiger partial charge in [-0.1, -0.05) is 0 Å². The van der Waals surface area contributed by atoms with E-state index in [9.17, 15) is 0 Å². The molecule has 0 bridgehead atoms. The summed E-state index contributed by atoms with van der Waals surface area (Å²) >= 11 is 0. The molecular formula is C10H18N4. The maximum absolute atomic E-state index is 5.60. The summed E-state index contributed by atoms with van der Waals surface area (Å²) in [6, 6.07) is 1.94. The Hall–Kier alpha value is -1.13. The molecule has 14 heavy (non-hydrogen) atoms. The third kappa shape index (κ3) is 3.32. The quantitative estimate of drug-likeness (QED) is 0.717. The van der Waals surface area contributed by atoms with Crippen LogP contribution in [-0.4, -0.2) is 37.1 Å². The first kappa shape index (κ1) is 10.9. The van der Waals surface area contributed by atoms with Gasteiger partial charge < -0.3 is 16.0 Å². The normalized spacial score (nSPS) is 10.6. The summed E-state index contributed by atoms with van der Waals surface area (Å²) in [6.45, 7) is 2.46. The molecule has 0 radical (unpaired) electrons. The van der Waals surface area contributed by atoms with Crippen LogP contribution in [0.1, 0.15) is 5.56 Å². The second kappa shape index (κ2) is 5.57. The van der Waals surface area contributed by atoms with Gasteiger partial charge in [0.25, 0.3) is 0 Å². The minimum Gasteiger partial charge on any atom is -0.382 e. The van der Waals surface area contributed by atoms with Gasteiger partial charge in [0.15, 0.2) is 0 Å². The van der Waals surface area contributed by atoms with Gasteiger partial charge in [-0.05, 0) is 25.7 Å². The van der Waals surface area contributed by atoms with Crippen molar-refractivity contribution in [1.29, 1.82) is 0 Å². The topological polar surface area (TPSA) is 54.2 Å². The fraction of sp³-hybridized carbons (Fsp3) is 0.500. The lowest BCUT2D eigenvalue weighted by Gasteiger charge is -2.13. The maximum atomic E-state index is 5.60. The van der Waals surface area contributed by atoms with Gasteiger partial charge in [-0.2, -0.15) is 0 Å². The first-order chi connectivity index (χ1) is 6.74. The molecule has 78 valence electrons. The van der Waals surface area contributed by atoms with Crippen molar-refractivity contribution in [3.63, 3.8) is 0 Å². The predicted octanol–water partition coefficient (Wildman–Crippen LogP) is 0.514. The van der Waals surface area contributed by atoms with E-state index in [2.05, 4.69) is 29.3 Å². The Balaban J connectivity index is 2.49. The molecule has 0 unspecified atom stereocenters. The average Bonchev–Trinajstić information content (AvgIpc) is 2.18. The lowest BCUT2D eigenvalue weighted by Crippen LogP contribution is -2.21. The van der Waals surface area contributed by atoms with Crippen LogP contribution in [0.3, 0.4) is 0 Å². The molecule has 0 saturated heterocycles. The number of likely N-dealkylation sites (N-methyl/N-ethyl adjacent to an activating group) is 1. The monoisotopic (exact) mass is 194 g/mol. The van der Waals surface area contributed by atoms with E-state index in [1.165, 1.54) is 0 Å². The zero-order chi connectivity index (χ0) is 10.4. The minimum absolute atomic E-state index is 0.548. The fourth-order valence-electron chi connectivity index (χ4n) is 1.17. The highest BCUT2D eigenvalue weighted by Gasteiger charge is 1.99. The van der Waals surface area contributed by atoms with E-state index in [1.807, 2.05) is 12.3 Å². The smallest absolute Gasteiger partial charge is 0.0572 e. The molecule has 1 heterocycles. The summed E-state index contributed by atoms with van der Waals surface area (Å²) in [5.74, 6) is 0. The molecule has 1 aromatic heterocycles. The van der Waals surface area contributed by atoms with E-state index in [1.54, 1.807) is 6.20 Å². The van der Waals surface area contributed by atoms with Gasteiger partial charge in [-0.15, -0.1) is 0 Å². The Morgan fingerprint density at radius 1 is 1.50 bits per heavy atom. The summed E-state index contributed by atoms with van der Waals surface area (Å²) < 4.78 is 0. The van der Waals surface area contributed by atoms with Crippen molar-refractivity contribution >= 4 is 5.69 Å². The van der Waals surface area contributed by atoms with Crippen LogP contribution >= 0.6 is 0 Å². The number of nitrogens with zero attached hydrogens (tertiary/aromatic N) is 2. The Morgan fingerprint density at radius 2 is 2.29 bits per heavy atom. The van der Waals surface area contributed by atoms with Crippen LogP contribution in [0.2, 0.25) is 0 Å². The van der Waals surface area contributed by atoms with Gasteiger partial charge in [-0.25, -0.2) is 0 Å². The summed E-state index contributed by atoms with van der Waals surface area (Å²) in [5.41, 5.74) is 7.75. The van der Waals surface area contributed by atoms with E-state index in [0.29, 0.717) is 6.54 Å². The summed E-state index contributed by atoms with van der Waals surface area (Å²) in [4.78, 5) is 6.19. The minimum atomic E-state index is 0.548. The van der Waals surface area contributed by atoms with Crippen LogP contribution in [0, 0.1) is 0 Å². The molecule has 1 aromatic rings. The molecule has 4 heteroatoms. The Labute approximate surface area is 85.1 Å². The first-order valence-corrected chi connectivity index (χ1v) is 4.75. The molecule has 3 N–H and O–H groups in total. The van der Waals surface area contributed by atoms with Gasteiger partial charge in [0, 0.05) is 25.8 Å². The highest BCUT2D eigenvalue weighted by Crippen LogP contribution is 2.11. The third-order valence-electron chi connectivity index (χ3n) is 2.01. The molecule has 0 spiro atoms. The van der Waals surface area contributed by atoms with E-state index in [0.717, 1.165) is 24.3 Å². The number of pyridine rings is 1. The van der Waals surface area contributed by atoms with E-state index in [-0.39, 0.29) is 0 Å². The van der Waals surface area contributed by atoms with Crippen molar-refractivity contribution < 1.29 is 0 Å². The van der Waals surface area contributed by atoms with Crippen molar-refractivity contribution in [3.8, 4) is 0 Å². The van der Waals surface area contributed by atoms with Gasteiger partial charge in [0.05, 0.1) is 11.9 Å². The number of nitrogens with one attached hydrogen (secondary N) is 1. The molecule has 0 aliphatic heterocycles. The fourth-order valence-corrected chi connectivity index (χ4v) is 1.17. The molecule has 0 saturated carbocycles. The number of hydrogen-bond acceptors (Lipinski definition) is 4. The Kier molecular flexibility index (Phi) is 4.35. The number of rotatable bonds is 5. The highest BCUT2D eigenvalue weighted by molar-refractivity contribution is 5.48. The zero-order valence-electron chi connectivity index (χ0n) is 8.83. The third-order valence-corrected chi connectivity index (χ3v) is 2.01. The molecule has 1 rings (SSSR count). The van der Waals surface area contributed by atoms with Gasteiger partial charge >= 0.3 is 0 Å². The van der Waals surface area contributed by atoms with Crippen molar-refractivity contribution in [2.24, 2.45) is 5.73 Å². The molecular weight excluding hydrogens is 176 g/mol. The molecule has 0 fully saturated rings. The van der Waals surface area contributed by atoms with Gasteiger partial charge in [0.1, 0.15) is 0 Å². The summed E-state index contributed by atoms with van der Waals surface area (Å²) in [7, 11) is 4.10. The molecule has 0 amide bonds. The van der Waals surface area contributed by atoms with Crippen LogP contribution in [0.4, 0.5) is 5.69 Å². The van der Waals surface area contributed by atoms with Crippen molar-refractivity contribution in [3.05, 3.63) is 24.0 Å². The van der Waals surface area contributed by atoms with Crippen molar-refractivity contribution in [2.45, 2.75) is 6.54 Å². The second-order valence-electron chi connectivity index (χ2n) is 3.47. The number of anilines is 1. The van der Waals surface area contributed by atoms with Crippen LogP contribution < -0.4 is 11.1 Å². The SMILES string of the molecule is CN(C)CCNc1cnccc1CN. The van der Waals surface area contributed by atoms with E-state index >= 15 is 0 Å². The number of aromatic nitrogens is 1. The Bertz CT molecular complexity index is 273. The lowest BCUT2D eigenvalue weighted by molar-refractivity contribution is 0.425. The van der Waals surface area contributed by atoms with Crippen LogP contribution in [0.25, 0.3) is 0 Å². The largest absolute Gasteiger partial charge is 0.382 e. The van der Waals surface area contributed by atoms with Crippen LogP contribution in [-0.2, 0) is 6.54 Å². The number of hydrogen-bond donors (Lipinski definition) is 2. The highest BCUT2D eigenvalue weighted by atomic mass is 15.1. The molecule has 4 nitrogen and oxygen atoms in total. The maximum Gasteiger partial charge on any atom is 0.0572 e. The molecule has 0 atom stereocenters.